The number of carbonyl (C=O) groups is 1. The summed E-state index contributed by atoms with van der Waals surface area (Å²) in [6, 6.07) is 4.06. The third-order valence-electron chi connectivity index (χ3n) is 3.09. The van der Waals surface area contributed by atoms with E-state index < -0.39 is 5.97 Å². The standard InChI is InChI=1S/C14H19N3O2/c1-9(2)17-12(7-10(3)8-13(18)19)16-11-5-4-6-15-14(11)17/h4-6,9-10H,7-8H2,1-3H3,(H,18,19). The van der Waals surface area contributed by atoms with E-state index in [2.05, 4.69) is 28.4 Å². The number of imidazole rings is 1. The van der Waals surface area contributed by atoms with Crippen LogP contribution in [-0.4, -0.2) is 25.6 Å². The molecule has 0 bridgehead atoms. The van der Waals surface area contributed by atoms with Crippen LogP contribution in [0.4, 0.5) is 0 Å². The molecule has 0 spiro atoms. The molecule has 5 nitrogen and oxygen atoms in total. The first kappa shape index (κ1) is 13.5. The molecule has 0 saturated heterocycles. The summed E-state index contributed by atoms with van der Waals surface area (Å²) in [6.45, 7) is 6.11. The largest absolute Gasteiger partial charge is 0.481 e. The number of pyridine rings is 1. The summed E-state index contributed by atoms with van der Waals surface area (Å²) in [6.07, 6.45) is 2.57. The van der Waals surface area contributed by atoms with E-state index in [1.165, 1.54) is 0 Å². The zero-order valence-corrected chi connectivity index (χ0v) is 11.5. The Kier molecular flexibility index (Phi) is 3.83. The van der Waals surface area contributed by atoms with Gasteiger partial charge in [-0.15, -0.1) is 0 Å². The van der Waals surface area contributed by atoms with Crippen molar-refractivity contribution in [2.24, 2.45) is 5.92 Å². The number of carboxylic acid groups (broad SMARTS) is 1. The van der Waals surface area contributed by atoms with Crippen molar-refractivity contribution in [1.29, 1.82) is 0 Å². The number of aromatic nitrogens is 3. The van der Waals surface area contributed by atoms with Crippen molar-refractivity contribution in [3.63, 3.8) is 0 Å². The molecule has 1 atom stereocenters. The van der Waals surface area contributed by atoms with Gasteiger partial charge < -0.3 is 9.67 Å². The molecule has 0 aliphatic heterocycles. The summed E-state index contributed by atoms with van der Waals surface area (Å²) in [7, 11) is 0. The van der Waals surface area contributed by atoms with E-state index in [0.717, 1.165) is 17.0 Å². The molecule has 0 aliphatic carbocycles. The summed E-state index contributed by atoms with van der Waals surface area (Å²) in [5.41, 5.74) is 1.74. The quantitative estimate of drug-likeness (QED) is 0.898. The van der Waals surface area contributed by atoms with Gasteiger partial charge in [-0.2, -0.15) is 0 Å². The van der Waals surface area contributed by atoms with Crippen LogP contribution in [-0.2, 0) is 11.2 Å². The fraction of sp³-hybridized carbons (Fsp3) is 0.500. The van der Waals surface area contributed by atoms with Crippen molar-refractivity contribution in [2.45, 2.75) is 39.7 Å². The Morgan fingerprint density at radius 3 is 2.79 bits per heavy atom. The minimum Gasteiger partial charge on any atom is -0.481 e. The highest BCUT2D eigenvalue weighted by Crippen LogP contribution is 2.21. The predicted octanol–water partition coefficient (Wildman–Crippen LogP) is 2.67. The van der Waals surface area contributed by atoms with Crippen LogP contribution < -0.4 is 0 Å². The summed E-state index contributed by atoms with van der Waals surface area (Å²) in [5.74, 6) is 0.210. The third-order valence-corrected chi connectivity index (χ3v) is 3.09. The van der Waals surface area contributed by atoms with Crippen LogP contribution in [0, 0.1) is 5.92 Å². The van der Waals surface area contributed by atoms with Crippen LogP contribution in [0.3, 0.4) is 0 Å². The number of hydrogen-bond donors (Lipinski definition) is 1. The van der Waals surface area contributed by atoms with Crippen LogP contribution >= 0.6 is 0 Å². The van der Waals surface area contributed by atoms with E-state index >= 15 is 0 Å². The van der Waals surface area contributed by atoms with Crippen molar-refractivity contribution >= 4 is 17.1 Å². The van der Waals surface area contributed by atoms with Gasteiger partial charge in [0.15, 0.2) is 5.65 Å². The monoisotopic (exact) mass is 261 g/mol. The lowest BCUT2D eigenvalue weighted by Gasteiger charge is -2.14. The molecule has 0 amide bonds. The van der Waals surface area contributed by atoms with Crippen LogP contribution in [0.2, 0.25) is 0 Å². The van der Waals surface area contributed by atoms with Gasteiger partial charge in [0.05, 0.1) is 0 Å². The van der Waals surface area contributed by atoms with Gasteiger partial charge >= 0.3 is 5.97 Å². The van der Waals surface area contributed by atoms with E-state index in [4.69, 9.17) is 5.11 Å². The Labute approximate surface area is 112 Å². The van der Waals surface area contributed by atoms with Crippen LogP contribution in [0.25, 0.3) is 11.2 Å². The van der Waals surface area contributed by atoms with Gasteiger partial charge in [-0.25, -0.2) is 9.97 Å². The lowest BCUT2D eigenvalue weighted by molar-refractivity contribution is -0.137. The number of fused-ring (bicyclic) bond motifs is 1. The topological polar surface area (TPSA) is 68.0 Å². The second-order valence-electron chi connectivity index (χ2n) is 5.25. The molecule has 1 N–H and O–H groups in total. The zero-order chi connectivity index (χ0) is 14.0. The summed E-state index contributed by atoms with van der Waals surface area (Å²) < 4.78 is 2.09. The van der Waals surface area contributed by atoms with E-state index in [1.54, 1.807) is 6.20 Å². The normalized spacial score (nSPS) is 13.1. The maximum atomic E-state index is 10.8. The predicted molar refractivity (Wildman–Crippen MR) is 73.0 cm³/mol. The molecule has 0 saturated carbocycles. The van der Waals surface area contributed by atoms with E-state index in [9.17, 15) is 4.79 Å². The maximum absolute atomic E-state index is 10.8. The Morgan fingerprint density at radius 1 is 1.42 bits per heavy atom. The van der Waals surface area contributed by atoms with Crippen molar-refractivity contribution in [3.8, 4) is 0 Å². The average Bonchev–Trinajstić information content (AvgIpc) is 2.64. The maximum Gasteiger partial charge on any atom is 0.303 e. The second kappa shape index (κ2) is 5.38. The van der Waals surface area contributed by atoms with Crippen LogP contribution in [0.15, 0.2) is 18.3 Å². The molecular weight excluding hydrogens is 242 g/mol. The van der Waals surface area contributed by atoms with Crippen molar-refractivity contribution < 1.29 is 9.90 Å². The average molecular weight is 261 g/mol. The van der Waals surface area contributed by atoms with Crippen LogP contribution in [0.1, 0.15) is 39.1 Å². The molecule has 1 unspecified atom stereocenters. The van der Waals surface area contributed by atoms with Gasteiger partial charge in [-0.1, -0.05) is 6.92 Å². The number of hydrogen-bond acceptors (Lipinski definition) is 3. The van der Waals surface area contributed by atoms with Crippen molar-refractivity contribution in [2.75, 3.05) is 0 Å². The smallest absolute Gasteiger partial charge is 0.303 e. The van der Waals surface area contributed by atoms with Crippen molar-refractivity contribution in [3.05, 3.63) is 24.2 Å². The Morgan fingerprint density at radius 2 is 2.16 bits per heavy atom. The second-order valence-corrected chi connectivity index (χ2v) is 5.25. The molecule has 19 heavy (non-hydrogen) atoms. The van der Waals surface area contributed by atoms with Gasteiger partial charge in [-0.3, -0.25) is 4.79 Å². The molecule has 0 fully saturated rings. The van der Waals surface area contributed by atoms with Crippen LogP contribution in [0.5, 0.6) is 0 Å². The van der Waals surface area contributed by atoms with Gasteiger partial charge in [0.2, 0.25) is 0 Å². The van der Waals surface area contributed by atoms with E-state index in [0.29, 0.717) is 6.42 Å². The SMILES string of the molecule is CC(CC(=O)O)Cc1nc2cccnc2n1C(C)C. The molecule has 2 aromatic rings. The minimum absolute atomic E-state index is 0.0619. The van der Waals surface area contributed by atoms with E-state index in [-0.39, 0.29) is 18.4 Å². The zero-order valence-electron chi connectivity index (χ0n) is 11.5. The first-order valence-corrected chi connectivity index (χ1v) is 6.52. The first-order valence-electron chi connectivity index (χ1n) is 6.52. The van der Waals surface area contributed by atoms with Crippen molar-refractivity contribution in [1.82, 2.24) is 14.5 Å². The molecule has 0 aromatic carbocycles. The summed E-state index contributed by atoms with van der Waals surface area (Å²) in [4.78, 5) is 19.7. The minimum atomic E-state index is -0.766. The van der Waals surface area contributed by atoms with Gasteiger partial charge in [0, 0.05) is 25.1 Å². The molecule has 102 valence electrons. The lowest BCUT2D eigenvalue weighted by Crippen LogP contribution is -2.13. The molecular formula is C14H19N3O2. The first-order chi connectivity index (χ1) is 8.99. The van der Waals surface area contributed by atoms with Gasteiger partial charge in [-0.05, 0) is 31.9 Å². The summed E-state index contributed by atoms with van der Waals surface area (Å²) in [5, 5.41) is 8.84. The highest BCUT2D eigenvalue weighted by Gasteiger charge is 2.17. The Balaban J connectivity index is 2.36. The molecule has 2 rings (SSSR count). The highest BCUT2D eigenvalue weighted by atomic mass is 16.4. The fourth-order valence-electron chi connectivity index (χ4n) is 2.35. The molecule has 5 heteroatoms. The number of rotatable bonds is 5. The lowest BCUT2D eigenvalue weighted by atomic mass is 10.0. The Hall–Kier alpha value is -1.91. The number of carboxylic acids is 1. The number of aliphatic carboxylic acids is 1. The van der Waals surface area contributed by atoms with E-state index in [1.807, 2.05) is 19.1 Å². The summed E-state index contributed by atoms with van der Waals surface area (Å²) >= 11 is 0. The van der Waals surface area contributed by atoms with Gasteiger partial charge in [0.25, 0.3) is 0 Å². The third kappa shape index (κ3) is 2.92. The molecule has 2 aromatic heterocycles. The fourth-order valence-corrected chi connectivity index (χ4v) is 2.35. The highest BCUT2D eigenvalue weighted by molar-refractivity contribution is 5.71. The molecule has 0 radical (unpaired) electrons. The molecule has 2 heterocycles. The van der Waals surface area contributed by atoms with Gasteiger partial charge in [0.1, 0.15) is 11.3 Å². The number of nitrogens with zero attached hydrogens (tertiary/aromatic N) is 3. The molecule has 0 aliphatic rings. The Bertz CT molecular complexity index is 589.